The number of nitrogens with zero attached hydrogens (tertiary/aromatic N) is 1. The molecule has 16 heavy (non-hydrogen) atoms. The van der Waals surface area contributed by atoms with Crippen molar-refractivity contribution in [3.05, 3.63) is 30.3 Å². The number of hydrogen-bond acceptors (Lipinski definition) is 2. The molecule has 0 saturated heterocycles. The first kappa shape index (κ1) is 12.2. The molecule has 0 radical (unpaired) electrons. The van der Waals surface area contributed by atoms with Crippen molar-refractivity contribution in [2.24, 2.45) is 0 Å². The first-order valence-electron chi connectivity index (χ1n) is 5.27. The van der Waals surface area contributed by atoms with Crippen molar-refractivity contribution in [3.63, 3.8) is 0 Å². The minimum atomic E-state index is -0.562. The van der Waals surface area contributed by atoms with E-state index in [1.807, 2.05) is 25.1 Å². The van der Waals surface area contributed by atoms with Gasteiger partial charge in [-0.3, -0.25) is 9.59 Å². The summed E-state index contributed by atoms with van der Waals surface area (Å²) in [6, 6.07) is 9.07. The molecule has 0 aliphatic heterocycles. The second-order valence-electron chi connectivity index (χ2n) is 3.46. The molecule has 1 rings (SSSR count). The van der Waals surface area contributed by atoms with E-state index in [1.165, 1.54) is 4.90 Å². The van der Waals surface area contributed by atoms with E-state index < -0.39 is 11.8 Å². The Hall–Kier alpha value is -1.84. The smallest absolute Gasteiger partial charge is 0.316 e. The van der Waals surface area contributed by atoms with Crippen LogP contribution >= 0.6 is 0 Å². The van der Waals surface area contributed by atoms with Gasteiger partial charge >= 0.3 is 11.8 Å². The zero-order valence-electron chi connectivity index (χ0n) is 9.56. The van der Waals surface area contributed by atoms with Crippen LogP contribution in [0.4, 0.5) is 5.69 Å². The van der Waals surface area contributed by atoms with Gasteiger partial charge in [0.25, 0.3) is 0 Å². The SMILES string of the molecule is CCCNC(=O)C(=O)N(C)c1ccccc1. The molecule has 0 spiro atoms. The highest BCUT2D eigenvalue weighted by Gasteiger charge is 2.18. The van der Waals surface area contributed by atoms with Crippen molar-refractivity contribution in [2.75, 3.05) is 18.5 Å². The number of para-hydroxylation sites is 1. The van der Waals surface area contributed by atoms with Crippen molar-refractivity contribution >= 4 is 17.5 Å². The lowest BCUT2D eigenvalue weighted by molar-refractivity contribution is -0.137. The van der Waals surface area contributed by atoms with Gasteiger partial charge in [-0.25, -0.2) is 0 Å². The van der Waals surface area contributed by atoms with Gasteiger partial charge in [-0.05, 0) is 18.6 Å². The van der Waals surface area contributed by atoms with Crippen LogP contribution in [0.15, 0.2) is 30.3 Å². The van der Waals surface area contributed by atoms with Gasteiger partial charge in [0.2, 0.25) is 0 Å². The summed E-state index contributed by atoms with van der Waals surface area (Å²) in [5.41, 5.74) is 0.708. The Morgan fingerprint density at radius 1 is 1.25 bits per heavy atom. The third-order valence-corrected chi connectivity index (χ3v) is 2.18. The van der Waals surface area contributed by atoms with Gasteiger partial charge in [0, 0.05) is 19.3 Å². The molecular formula is C12H16N2O2. The average Bonchev–Trinajstić information content (AvgIpc) is 2.35. The van der Waals surface area contributed by atoms with Crippen LogP contribution < -0.4 is 10.2 Å². The highest BCUT2D eigenvalue weighted by Crippen LogP contribution is 2.10. The predicted molar refractivity (Wildman–Crippen MR) is 63.2 cm³/mol. The first-order valence-corrected chi connectivity index (χ1v) is 5.27. The second-order valence-corrected chi connectivity index (χ2v) is 3.46. The van der Waals surface area contributed by atoms with E-state index in [1.54, 1.807) is 19.2 Å². The van der Waals surface area contributed by atoms with Crippen LogP contribution in [-0.2, 0) is 9.59 Å². The molecule has 2 amide bonds. The van der Waals surface area contributed by atoms with E-state index in [-0.39, 0.29) is 0 Å². The maximum absolute atomic E-state index is 11.7. The second kappa shape index (κ2) is 5.90. The van der Waals surface area contributed by atoms with Crippen molar-refractivity contribution < 1.29 is 9.59 Å². The van der Waals surface area contributed by atoms with Gasteiger partial charge < -0.3 is 10.2 Å². The number of anilines is 1. The van der Waals surface area contributed by atoms with E-state index in [9.17, 15) is 9.59 Å². The van der Waals surface area contributed by atoms with E-state index in [4.69, 9.17) is 0 Å². The molecule has 0 bridgehead atoms. The largest absolute Gasteiger partial charge is 0.348 e. The quantitative estimate of drug-likeness (QED) is 0.777. The third kappa shape index (κ3) is 3.08. The zero-order valence-corrected chi connectivity index (χ0v) is 9.56. The number of amides is 2. The van der Waals surface area contributed by atoms with Crippen LogP contribution in [0.3, 0.4) is 0 Å². The zero-order chi connectivity index (χ0) is 12.0. The number of likely N-dealkylation sites (N-methyl/N-ethyl adjacent to an activating group) is 1. The Balaban J connectivity index is 2.64. The molecule has 0 aromatic heterocycles. The maximum atomic E-state index is 11.7. The van der Waals surface area contributed by atoms with Crippen molar-refractivity contribution in [3.8, 4) is 0 Å². The Morgan fingerprint density at radius 3 is 2.44 bits per heavy atom. The monoisotopic (exact) mass is 220 g/mol. The molecule has 0 saturated carbocycles. The highest BCUT2D eigenvalue weighted by atomic mass is 16.2. The summed E-state index contributed by atoms with van der Waals surface area (Å²) in [7, 11) is 1.59. The molecular weight excluding hydrogens is 204 g/mol. The molecule has 86 valence electrons. The van der Waals surface area contributed by atoms with Gasteiger partial charge in [0.05, 0.1) is 0 Å². The Bertz CT molecular complexity index is 363. The molecule has 1 aromatic rings. The van der Waals surface area contributed by atoms with Gasteiger partial charge in [-0.15, -0.1) is 0 Å². The molecule has 0 atom stereocenters. The molecule has 4 heteroatoms. The molecule has 1 N–H and O–H groups in total. The lowest BCUT2D eigenvalue weighted by atomic mass is 10.3. The fraction of sp³-hybridized carbons (Fsp3) is 0.333. The van der Waals surface area contributed by atoms with Gasteiger partial charge in [-0.2, -0.15) is 0 Å². The summed E-state index contributed by atoms with van der Waals surface area (Å²) in [4.78, 5) is 24.4. The molecule has 1 aromatic carbocycles. The number of carbonyl (C=O) groups is 2. The summed E-state index contributed by atoms with van der Waals surface area (Å²) >= 11 is 0. The number of benzene rings is 1. The van der Waals surface area contributed by atoms with Crippen molar-refractivity contribution in [2.45, 2.75) is 13.3 Å². The van der Waals surface area contributed by atoms with Gasteiger partial charge in [0.15, 0.2) is 0 Å². The molecule has 0 unspecified atom stereocenters. The number of rotatable bonds is 3. The summed E-state index contributed by atoms with van der Waals surface area (Å²) in [6.45, 7) is 2.46. The normalized spacial score (nSPS) is 9.62. The predicted octanol–water partition coefficient (Wildman–Crippen LogP) is 1.18. The van der Waals surface area contributed by atoms with E-state index >= 15 is 0 Å². The summed E-state index contributed by atoms with van der Waals surface area (Å²) in [5.74, 6) is -1.10. The van der Waals surface area contributed by atoms with Crippen LogP contribution in [0.5, 0.6) is 0 Å². The molecule has 0 aliphatic carbocycles. The summed E-state index contributed by atoms with van der Waals surface area (Å²) in [5, 5.41) is 2.55. The minimum Gasteiger partial charge on any atom is -0.348 e. The summed E-state index contributed by atoms with van der Waals surface area (Å²) < 4.78 is 0. The van der Waals surface area contributed by atoms with E-state index in [0.717, 1.165) is 6.42 Å². The van der Waals surface area contributed by atoms with Crippen LogP contribution in [0, 0.1) is 0 Å². The first-order chi connectivity index (χ1) is 7.66. The lowest BCUT2D eigenvalue weighted by Crippen LogP contribution is -2.41. The lowest BCUT2D eigenvalue weighted by Gasteiger charge is -2.16. The minimum absolute atomic E-state index is 0.521. The van der Waals surface area contributed by atoms with E-state index in [2.05, 4.69) is 5.32 Å². The molecule has 4 nitrogen and oxygen atoms in total. The number of nitrogens with one attached hydrogen (secondary N) is 1. The highest BCUT2D eigenvalue weighted by molar-refractivity contribution is 6.40. The Kier molecular flexibility index (Phi) is 4.51. The van der Waals surface area contributed by atoms with Crippen molar-refractivity contribution in [1.29, 1.82) is 0 Å². The topological polar surface area (TPSA) is 49.4 Å². The third-order valence-electron chi connectivity index (χ3n) is 2.18. The summed E-state index contributed by atoms with van der Waals surface area (Å²) in [6.07, 6.45) is 0.814. The molecule has 0 aliphatic rings. The van der Waals surface area contributed by atoms with Crippen LogP contribution in [-0.4, -0.2) is 25.4 Å². The standard InChI is InChI=1S/C12H16N2O2/c1-3-9-13-11(15)12(16)14(2)10-7-5-4-6-8-10/h4-8H,3,9H2,1-2H3,(H,13,15). The Morgan fingerprint density at radius 2 is 1.88 bits per heavy atom. The van der Waals surface area contributed by atoms with Crippen LogP contribution in [0.2, 0.25) is 0 Å². The van der Waals surface area contributed by atoms with Crippen LogP contribution in [0.1, 0.15) is 13.3 Å². The van der Waals surface area contributed by atoms with Crippen LogP contribution in [0.25, 0.3) is 0 Å². The van der Waals surface area contributed by atoms with E-state index in [0.29, 0.717) is 12.2 Å². The number of hydrogen-bond donors (Lipinski definition) is 1. The fourth-order valence-corrected chi connectivity index (χ4v) is 1.24. The van der Waals surface area contributed by atoms with Gasteiger partial charge in [0.1, 0.15) is 0 Å². The number of carbonyl (C=O) groups excluding carboxylic acids is 2. The molecule has 0 fully saturated rings. The molecule has 0 heterocycles. The Labute approximate surface area is 95.3 Å². The van der Waals surface area contributed by atoms with Crippen molar-refractivity contribution in [1.82, 2.24) is 5.32 Å². The maximum Gasteiger partial charge on any atom is 0.316 e. The fourth-order valence-electron chi connectivity index (χ4n) is 1.24. The van der Waals surface area contributed by atoms with Gasteiger partial charge in [-0.1, -0.05) is 25.1 Å². The average molecular weight is 220 g/mol.